The first-order chi connectivity index (χ1) is 23.5. The second kappa shape index (κ2) is 16.8. The molecule has 2 saturated heterocycles. The number of thiophene rings is 1. The van der Waals surface area contributed by atoms with Crippen molar-refractivity contribution in [3.63, 3.8) is 0 Å². The Morgan fingerprint density at radius 3 is 2.55 bits per heavy atom. The van der Waals surface area contributed by atoms with Crippen LogP contribution in [0.4, 0.5) is 34.6 Å². The number of nitrogens with zero attached hydrogens (tertiary/aromatic N) is 3. The molecule has 0 bridgehead atoms. The van der Waals surface area contributed by atoms with Crippen molar-refractivity contribution >= 4 is 44.4 Å². The summed E-state index contributed by atoms with van der Waals surface area (Å²) in [6, 6.07) is 8.40. The zero-order valence-corrected chi connectivity index (χ0v) is 28.9. The van der Waals surface area contributed by atoms with Crippen molar-refractivity contribution in [3.05, 3.63) is 46.6 Å². The molecule has 49 heavy (non-hydrogen) atoms. The Morgan fingerprint density at radius 1 is 1.10 bits per heavy atom. The van der Waals surface area contributed by atoms with Crippen molar-refractivity contribution in [2.45, 2.75) is 31.5 Å². The molecule has 1 amide bonds. The molecule has 0 spiro atoms. The molecule has 0 radical (unpaired) electrons. The van der Waals surface area contributed by atoms with E-state index in [0.717, 1.165) is 18.5 Å². The second-order valence-corrected chi connectivity index (χ2v) is 13.3. The fraction of sp³-hybridized carbons (Fsp3) is 0.514. The summed E-state index contributed by atoms with van der Waals surface area (Å²) >= 11 is 1.23. The number of carbonyl (C=O) groups is 1. The van der Waals surface area contributed by atoms with Gasteiger partial charge in [0.25, 0.3) is 0 Å². The van der Waals surface area contributed by atoms with E-state index in [1.807, 2.05) is 34.9 Å². The van der Waals surface area contributed by atoms with Gasteiger partial charge >= 0.3 is 6.18 Å². The SMILES string of the molecule is COCCOc1cc(N2CCOCC2)c(F)cc1NCC#Cc1sc2c(NC3CCN(C(=O)CN(C)C)CC3)cccc2c1CC(F)(F)F. The number of anilines is 3. The number of morpholine rings is 1. The molecule has 2 aliphatic heterocycles. The number of likely N-dealkylation sites (tertiary alicyclic amines) is 1. The third-order valence-electron chi connectivity index (χ3n) is 8.37. The highest BCUT2D eigenvalue weighted by Crippen LogP contribution is 2.40. The molecule has 0 unspecified atom stereocenters. The quantitative estimate of drug-likeness (QED) is 0.147. The number of likely N-dealkylation sites (N-methyl/N-ethyl adjacent to an activating group) is 1. The Hall–Kier alpha value is -3.77. The lowest BCUT2D eigenvalue weighted by molar-refractivity contribution is -0.132. The van der Waals surface area contributed by atoms with Gasteiger partial charge in [-0.25, -0.2) is 4.39 Å². The van der Waals surface area contributed by atoms with Gasteiger partial charge in [-0.15, -0.1) is 11.3 Å². The molecule has 1 aromatic heterocycles. The van der Waals surface area contributed by atoms with E-state index in [1.165, 1.54) is 17.4 Å². The van der Waals surface area contributed by atoms with Gasteiger partial charge in [-0.2, -0.15) is 13.2 Å². The number of nitrogens with one attached hydrogen (secondary N) is 2. The van der Waals surface area contributed by atoms with Crippen LogP contribution in [0.3, 0.4) is 0 Å². The number of methoxy groups -OCH3 is 1. The van der Waals surface area contributed by atoms with Crippen LogP contribution in [-0.2, 0) is 20.7 Å². The van der Waals surface area contributed by atoms with E-state index in [4.69, 9.17) is 14.2 Å². The van der Waals surface area contributed by atoms with Crippen molar-refractivity contribution in [2.24, 2.45) is 0 Å². The number of piperidine rings is 1. The number of benzene rings is 2. The number of rotatable bonds is 12. The molecule has 14 heteroatoms. The molecular weight excluding hydrogens is 662 g/mol. The minimum absolute atomic E-state index is 0.0485. The number of amides is 1. The number of alkyl halides is 3. The van der Waals surface area contributed by atoms with Gasteiger partial charge in [0, 0.05) is 51.5 Å². The summed E-state index contributed by atoms with van der Waals surface area (Å²) in [5.41, 5.74) is 1.68. The monoisotopic (exact) mass is 705 g/mol. The van der Waals surface area contributed by atoms with E-state index in [0.29, 0.717) is 84.6 Å². The van der Waals surface area contributed by atoms with Crippen LogP contribution < -0.4 is 20.3 Å². The average Bonchev–Trinajstić information content (AvgIpc) is 3.40. The van der Waals surface area contributed by atoms with Crippen molar-refractivity contribution < 1.29 is 36.6 Å². The maximum absolute atomic E-state index is 15.2. The molecule has 5 rings (SSSR count). The zero-order chi connectivity index (χ0) is 35.0. The smallest absolute Gasteiger partial charge is 0.393 e. The Kier molecular flexibility index (Phi) is 12.5. The van der Waals surface area contributed by atoms with Crippen LogP contribution in [0.15, 0.2) is 30.3 Å². The van der Waals surface area contributed by atoms with Crippen LogP contribution in [0.5, 0.6) is 5.75 Å². The summed E-state index contributed by atoms with van der Waals surface area (Å²) < 4.78 is 73.7. The molecule has 2 N–H and O–H groups in total. The minimum Gasteiger partial charge on any atom is -0.489 e. The maximum Gasteiger partial charge on any atom is 0.393 e. The highest BCUT2D eigenvalue weighted by atomic mass is 32.1. The number of hydrogen-bond donors (Lipinski definition) is 2. The van der Waals surface area contributed by atoms with Crippen LogP contribution in [0, 0.1) is 17.7 Å². The average molecular weight is 706 g/mol. The predicted octanol–water partition coefficient (Wildman–Crippen LogP) is 5.44. The Balaban J connectivity index is 1.34. The summed E-state index contributed by atoms with van der Waals surface area (Å²) in [7, 11) is 5.28. The lowest BCUT2D eigenvalue weighted by atomic mass is 10.0. The summed E-state index contributed by atoms with van der Waals surface area (Å²) in [4.78, 5) is 18.4. The van der Waals surface area contributed by atoms with E-state index in [9.17, 15) is 18.0 Å². The van der Waals surface area contributed by atoms with Gasteiger partial charge in [-0.05, 0) is 44.0 Å². The molecular formula is C35H43F4N5O4S. The zero-order valence-electron chi connectivity index (χ0n) is 28.1. The largest absolute Gasteiger partial charge is 0.489 e. The molecule has 0 saturated carbocycles. The van der Waals surface area contributed by atoms with Gasteiger partial charge in [0.1, 0.15) is 18.2 Å². The normalized spacial score (nSPS) is 15.8. The molecule has 3 aromatic rings. The molecule has 0 atom stereocenters. The van der Waals surface area contributed by atoms with Gasteiger partial charge in [-0.3, -0.25) is 4.79 Å². The Morgan fingerprint density at radius 2 is 1.86 bits per heavy atom. The number of carbonyl (C=O) groups excluding carboxylic acids is 1. The Labute approximate surface area is 288 Å². The number of hydrogen-bond acceptors (Lipinski definition) is 9. The van der Waals surface area contributed by atoms with Gasteiger partial charge in [-0.1, -0.05) is 24.0 Å². The molecule has 266 valence electrons. The lowest BCUT2D eigenvalue weighted by Crippen LogP contribution is -2.45. The van der Waals surface area contributed by atoms with Crippen molar-refractivity contribution in [2.75, 3.05) is 102 Å². The van der Waals surface area contributed by atoms with Crippen molar-refractivity contribution in [3.8, 4) is 17.6 Å². The second-order valence-electron chi connectivity index (χ2n) is 12.3. The van der Waals surface area contributed by atoms with Gasteiger partial charge in [0.15, 0.2) is 0 Å². The van der Waals surface area contributed by atoms with E-state index < -0.39 is 18.4 Å². The Bertz CT molecular complexity index is 1640. The van der Waals surface area contributed by atoms with Crippen LogP contribution in [0.2, 0.25) is 0 Å². The van der Waals surface area contributed by atoms with Crippen LogP contribution in [-0.4, -0.2) is 115 Å². The molecule has 0 aliphatic carbocycles. The summed E-state index contributed by atoms with van der Waals surface area (Å²) in [6.45, 7) is 4.33. The molecule has 3 heterocycles. The van der Waals surface area contributed by atoms with Gasteiger partial charge < -0.3 is 39.5 Å². The fourth-order valence-electron chi connectivity index (χ4n) is 5.97. The standard InChI is InChI=1S/C35H43F4N5O4S/c1-42(2)23-33(45)44-12-9-24(10-13-44)41-28-7-4-6-25-26(22-35(37,38)39)32(49-34(25)28)8-5-11-40-29-20-27(36)30(43-14-16-47-17-15-43)21-31(29)48-19-18-46-3/h4,6-7,20-21,24,40-41H,9-19,22-23H2,1-3H3. The lowest BCUT2D eigenvalue weighted by Gasteiger charge is -2.33. The van der Waals surface area contributed by atoms with E-state index in [-0.39, 0.29) is 30.7 Å². The predicted molar refractivity (Wildman–Crippen MR) is 186 cm³/mol. The van der Waals surface area contributed by atoms with Gasteiger partial charge in [0.2, 0.25) is 5.91 Å². The number of halogens is 4. The molecule has 2 fully saturated rings. The van der Waals surface area contributed by atoms with Crippen molar-refractivity contribution in [1.29, 1.82) is 0 Å². The summed E-state index contributed by atoms with van der Waals surface area (Å²) in [6.07, 6.45) is -4.06. The first-order valence-corrected chi connectivity index (χ1v) is 17.1. The third-order valence-corrected chi connectivity index (χ3v) is 9.57. The van der Waals surface area contributed by atoms with Gasteiger partial charge in [0.05, 0.1) is 66.0 Å². The third kappa shape index (κ3) is 9.91. The van der Waals surface area contributed by atoms with Crippen LogP contribution in [0.25, 0.3) is 10.1 Å². The number of fused-ring (bicyclic) bond motifs is 1. The van der Waals surface area contributed by atoms with Crippen LogP contribution >= 0.6 is 11.3 Å². The minimum atomic E-state index is -4.42. The molecule has 2 aromatic carbocycles. The summed E-state index contributed by atoms with van der Waals surface area (Å²) in [5.74, 6) is 5.99. The maximum atomic E-state index is 15.2. The van der Waals surface area contributed by atoms with E-state index >= 15 is 4.39 Å². The highest BCUT2D eigenvalue weighted by Gasteiger charge is 2.31. The first-order valence-electron chi connectivity index (χ1n) is 16.3. The fourth-order valence-corrected chi connectivity index (χ4v) is 7.14. The number of ether oxygens (including phenoxy) is 3. The molecule has 2 aliphatic rings. The topological polar surface area (TPSA) is 78.5 Å². The molecule has 9 nitrogen and oxygen atoms in total. The highest BCUT2D eigenvalue weighted by molar-refractivity contribution is 7.20. The van der Waals surface area contributed by atoms with E-state index in [1.54, 1.807) is 25.3 Å². The van der Waals surface area contributed by atoms with Crippen molar-refractivity contribution in [1.82, 2.24) is 9.80 Å². The van der Waals surface area contributed by atoms with Crippen LogP contribution in [0.1, 0.15) is 23.3 Å². The first kappa shape index (κ1) is 36.5. The van der Waals surface area contributed by atoms with E-state index in [2.05, 4.69) is 22.5 Å². The summed E-state index contributed by atoms with van der Waals surface area (Å²) in [5, 5.41) is 7.13.